The van der Waals surface area contributed by atoms with Crippen LogP contribution in [-0.4, -0.2) is 47.2 Å². The van der Waals surface area contributed by atoms with Crippen LogP contribution in [0.15, 0.2) is 60.7 Å². The number of ketones is 1. The van der Waals surface area contributed by atoms with Gasteiger partial charge in [0.1, 0.15) is 12.3 Å². The van der Waals surface area contributed by atoms with Crippen LogP contribution in [0.2, 0.25) is 5.02 Å². The molecule has 4 unspecified atom stereocenters. The second-order valence-electron chi connectivity index (χ2n) is 8.48. The Morgan fingerprint density at radius 3 is 2.18 bits per heavy atom. The molecule has 4 atom stereocenters. The lowest BCUT2D eigenvalue weighted by Crippen LogP contribution is -2.52. The van der Waals surface area contributed by atoms with E-state index in [0.717, 1.165) is 16.4 Å². The van der Waals surface area contributed by atoms with Crippen LogP contribution < -0.4 is 4.74 Å². The summed E-state index contributed by atoms with van der Waals surface area (Å²) >= 11 is 6.24. The number of imide groups is 1. The van der Waals surface area contributed by atoms with Crippen molar-refractivity contribution in [1.82, 2.24) is 10.0 Å². The Morgan fingerprint density at radius 1 is 1.00 bits per heavy atom. The lowest BCUT2D eigenvalue weighted by atomic mass is 9.85. The molecule has 0 radical (unpaired) electrons. The van der Waals surface area contributed by atoms with Gasteiger partial charge in [0.2, 0.25) is 0 Å². The van der Waals surface area contributed by atoms with E-state index in [9.17, 15) is 19.2 Å². The molecular formula is C25H21ClN2O5. The molecule has 5 rings (SSSR count). The summed E-state index contributed by atoms with van der Waals surface area (Å²) in [6.07, 6.45) is 4.72. The second-order valence-corrected chi connectivity index (χ2v) is 8.89. The topological polar surface area (TPSA) is 84.0 Å². The first-order chi connectivity index (χ1) is 15.9. The highest BCUT2D eigenvalue weighted by molar-refractivity contribution is 6.34. The van der Waals surface area contributed by atoms with Crippen molar-refractivity contribution >= 4 is 35.1 Å². The quantitative estimate of drug-likeness (QED) is 0.371. The third-order valence-corrected chi connectivity index (χ3v) is 7.06. The highest BCUT2D eigenvalue weighted by Crippen LogP contribution is 2.52. The maximum Gasteiger partial charge on any atom is 0.274 e. The van der Waals surface area contributed by atoms with Crippen LogP contribution in [0.25, 0.3) is 0 Å². The molecule has 7 nitrogen and oxygen atoms in total. The first-order valence-electron chi connectivity index (χ1n) is 10.7. The molecule has 0 N–H and O–H groups in total. The van der Waals surface area contributed by atoms with Gasteiger partial charge >= 0.3 is 0 Å². The average Bonchev–Trinajstić information content (AvgIpc) is 3.51. The van der Waals surface area contributed by atoms with Gasteiger partial charge in [-0.15, -0.1) is 0 Å². The van der Waals surface area contributed by atoms with Gasteiger partial charge in [-0.05, 0) is 54.7 Å². The van der Waals surface area contributed by atoms with Crippen molar-refractivity contribution in [2.75, 3.05) is 13.7 Å². The van der Waals surface area contributed by atoms with Crippen LogP contribution in [0, 0.1) is 23.7 Å². The van der Waals surface area contributed by atoms with Crippen LogP contribution in [0.4, 0.5) is 0 Å². The van der Waals surface area contributed by atoms with E-state index >= 15 is 0 Å². The maximum absolute atomic E-state index is 13.5. The zero-order chi connectivity index (χ0) is 23.3. The monoisotopic (exact) mass is 464 g/mol. The predicted octanol–water partition coefficient (Wildman–Crippen LogP) is 3.40. The van der Waals surface area contributed by atoms with Crippen molar-refractivity contribution in [2.24, 2.45) is 23.7 Å². The summed E-state index contributed by atoms with van der Waals surface area (Å²) in [4.78, 5) is 53.4. The Morgan fingerprint density at radius 2 is 1.61 bits per heavy atom. The van der Waals surface area contributed by atoms with Gasteiger partial charge in [0, 0.05) is 5.56 Å². The van der Waals surface area contributed by atoms with E-state index in [1.807, 2.05) is 12.2 Å². The molecule has 2 fully saturated rings. The molecule has 0 aromatic heterocycles. The van der Waals surface area contributed by atoms with Crippen molar-refractivity contribution in [3.63, 3.8) is 0 Å². The van der Waals surface area contributed by atoms with Crippen molar-refractivity contribution in [1.29, 1.82) is 0 Å². The second kappa shape index (κ2) is 8.15. The van der Waals surface area contributed by atoms with Crippen LogP contribution in [0.5, 0.6) is 5.75 Å². The molecule has 168 valence electrons. The summed E-state index contributed by atoms with van der Waals surface area (Å²) < 4.78 is 5.12. The first-order valence-corrected chi connectivity index (χ1v) is 11.1. The highest BCUT2D eigenvalue weighted by atomic mass is 35.5. The number of hydrogen-bond acceptors (Lipinski definition) is 5. The zero-order valence-electron chi connectivity index (χ0n) is 17.8. The maximum atomic E-state index is 13.5. The molecule has 2 aromatic rings. The molecule has 1 heterocycles. The molecule has 2 aromatic carbocycles. The minimum atomic E-state index is -0.676. The van der Waals surface area contributed by atoms with Gasteiger partial charge in [0.05, 0.1) is 29.5 Å². The van der Waals surface area contributed by atoms with Gasteiger partial charge in [-0.1, -0.05) is 35.9 Å². The molecule has 3 amide bonds. The summed E-state index contributed by atoms with van der Waals surface area (Å²) in [6, 6.07) is 12.8. The number of hydrogen-bond donors (Lipinski definition) is 0. The number of hydrazine groups is 1. The fraction of sp³-hybridized carbons (Fsp3) is 0.280. The Bertz CT molecular complexity index is 1160. The SMILES string of the molecule is COc1ccc(C(=O)CN(C(=O)c2ccccc2Cl)N2C(=O)C3C4C=CC(C4)C3C2=O)cc1. The van der Waals surface area contributed by atoms with Gasteiger partial charge in [0.15, 0.2) is 5.78 Å². The Labute approximate surface area is 195 Å². The first kappa shape index (κ1) is 21.4. The minimum Gasteiger partial charge on any atom is -0.497 e. The van der Waals surface area contributed by atoms with Crippen molar-refractivity contribution in [3.05, 3.63) is 76.8 Å². The number of amides is 3. The third-order valence-electron chi connectivity index (χ3n) is 6.73. The lowest BCUT2D eigenvalue weighted by Gasteiger charge is -2.31. The smallest absolute Gasteiger partial charge is 0.274 e. The summed E-state index contributed by atoms with van der Waals surface area (Å²) in [6.45, 7) is -0.476. The minimum absolute atomic E-state index is 0.0176. The van der Waals surface area contributed by atoms with E-state index in [1.54, 1.807) is 42.5 Å². The summed E-state index contributed by atoms with van der Waals surface area (Å²) in [5.74, 6) is -2.42. The lowest BCUT2D eigenvalue weighted by molar-refractivity contribution is -0.154. The van der Waals surface area contributed by atoms with Gasteiger partial charge in [0.25, 0.3) is 17.7 Å². The van der Waals surface area contributed by atoms with Crippen LogP contribution in [-0.2, 0) is 9.59 Å². The number of benzene rings is 2. The highest BCUT2D eigenvalue weighted by Gasteiger charge is 2.61. The van der Waals surface area contributed by atoms with E-state index < -0.39 is 41.9 Å². The Hall–Kier alpha value is -3.45. The van der Waals surface area contributed by atoms with E-state index in [1.165, 1.54) is 13.2 Å². The molecule has 0 spiro atoms. The normalized spacial score (nSPS) is 24.8. The fourth-order valence-electron chi connectivity index (χ4n) is 5.14. The Balaban J connectivity index is 1.50. The molecule has 33 heavy (non-hydrogen) atoms. The van der Waals surface area contributed by atoms with Crippen molar-refractivity contribution in [2.45, 2.75) is 6.42 Å². The van der Waals surface area contributed by atoms with Crippen LogP contribution >= 0.6 is 11.6 Å². The van der Waals surface area contributed by atoms with Gasteiger partial charge < -0.3 is 4.74 Å². The number of rotatable bonds is 6. The number of carbonyl (C=O) groups excluding carboxylic acids is 4. The number of halogens is 1. The number of ether oxygens (including phenoxy) is 1. The zero-order valence-corrected chi connectivity index (χ0v) is 18.6. The predicted molar refractivity (Wildman–Crippen MR) is 119 cm³/mol. The largest absolute Gasteiger partial charge is 0.497 e. The number of fused-ring (bicyclic) bond motifs is 5. The molecule has 1 aliphatic heterocycles. The molecular weight excluding hydrogens is 444 g/mol. The average molecular weight is 465 g/mol. The summed E-state index contributed by atoms with van der Waals surface area (Å²) in [5, 5.41) is 2.01. The number of Topliss-reactive ketones (excluding diaryl/α,β-unsaturated/α-hetero) is 1. The van der Waals surface area contributed by atoms with Gasteiger partial charge in [-0.25, -0.2) is 5.01 Å². The van der Waals surface area contributed by atoms with E-state index in [-0.39, 0.29) is 22.4 Å². The van der Waals surface area contributed by atoms with E-state index in [2.05, 4.69) is 0 Å². The van der Waals surface area contributed by atoms with Crippen LogP contribution in [0.3, 0.4) is 0 Å². The summed E-state index contributed by atoms with van der Waals surface area (Å²) in [5.41, 5.74) is 0.439. The molecule has 2 aliphatic carbocycles. The van der Waals surface area contributed by atoms with E-state index in [4.69, 9.17) is 16.3 Å². The van der Waals surface area contributed by atoms with Crippen molar-refractivity contribution < 1.29 is 23.9 Å². The van der Waals surface area contributed by atoms with Crippen LogP contribution in [0.1, 0.15) is 27.1 Å². The molecule has 1 saturated heterocycles. The number of allylic oxidation sites excluding steroid dienone is 2. The fourth-order valence-corrected chi connectivity index (χ4v) is 5.35. The number of carbonyl (C=O) groups is 4. The molecule has 3 aliphatic rings. The van der Waals surface area contributed by atoms with E-state index in [0.29, 0.717) is 11.3 Å². The van der Waals surface area contributed by atoms with Crippen molar-refractivity contribution in [3.8, 4) is 5.75 Å². The molecule has 1 saturated carbocycles. The Kier molecular flexibility index (Phi) is 5.29. The van der Waals surface area contributed by atoms with Gasteiger partial charge in [-0.2, -0.15) is 5.01 Å². The number of nitrogens with zero attached hydrogens (tertiary/aromatic N) is 2. The molecule has 8 heteroatoms. The molecule has 2 bridgehead atoms. The standard InChI is InChI=1S/C25H21ClN2O5/c1-33-17-10-8-14(9-11-17)20(29)13-27(23(30)18-4-2-3-5-19(18)26)28-24(31)21-15-6-7-16(12-15)22(21)25(28)32/h2-11,15-16,21-22H,12-13H2,1H3. The van der Waals surface area contributed by atoms with Gasteiger partial charge in [-0.3, -0.25) is 19.2 Å². The third kappa shape index (κ3) is 3.43. The summed E-state index contributed by atoms with van der Waals surface area (Å²) in [7, 11) is 1.52. The number of methoxy groups -OCH3 is 1.